The predicted molar refractivity (Wildman–Crippen MR) is 73.8 cm³/mol. The van der Waals surface area contributed by atoms with Crippen LogP contribution in [0.3, 0.4) is 0 Å². The Bertz CT molecular complexity index is 270. The first-order chi connectivity index (χ1) is 8.78. The third kappa shape index (κ3) is 2.59. The maximum atomic E-state index is 5.50. The molecule has 1 N–H and O–H groups in total. The average Bonchev–Trinajstić information content (AvgIpc) is 2.85. The zero-order chi connectivity index (χ0) is 12.4. The van der Waals surface area contributed by atoms with E-state index in [9.17, 15) is 0 Å². The van der Waals surface area contributed by atoms with Crippen molar-refractivity contribution in [3.05, 3.63) is 0 Å². The molecule has 2 saturated heterocycles. The van der Waals surface area contributed by atoms with Crippen LogP contribution < -0.4 is 5.32 Å². The fourth-order valence-corrected chi connectivity index (χ4v) is 4.10. The summed E-state index contributed by atoms with van der Waals surface area (Å²) in [6.45, 7) is 8.08. The largest absolute Gasteiger partial charge is 0.381 e. The highest BCUT2D eigenvalue weighted by atomic mass is 16.5. The van der Waals surface area contributed by atoms with Gasteiger partial charge in [0.15, 0.2) is 0 Å². The Hall–Kier alpha value is -0.120. The second-order valence-corrected chi connectivity index (χ2v) is 6.67. The van der Waals surface area contributed by atoms with Crippen molar-refractivity contribution in [2.75, 3.05) is 32.8 Å². The Balaban J connectivity index is 1.65. The van der Waals surface area contributed by atoms with Gasteiger partial charge in [0.25, 0.3) is 0 Å². The van der Waals surface area contributed by atoms with Crippen molar-refractivity contribution >= 4 is 0 Å². The van der Waals surface area contributed by atoms with Crippen LogP contribution in [0, 0.1) is 5.92 Å². The van der Waals surface area contributed by atoms with Crippen LogP contribution in [-0.4, -0.2) is 49.3 Å². The van der Waals surface area contributed by atoms with E-state index in [0.29, 0.717) is 11.6 Å². The molecule has 1 aliphatic carbocycles. The smallest absolute Gasteiger partial charge is 0.0469 e. The van der Waals surface area contributed by atoms with Gasteiger partial charge in [-0.05, 0) is 38.5 Å². The van der Waals surface area contributed by atoms with E-state index in [4.69, 9.17) is 4.74 Å². The molecular weight excluding hydrogens is 224 g/mol. The standard InChI is InChI=1S/C15H28N2O/c1-13-10-17(11-14-4-8-18-9-5-14)15(12-16-13)6-2-3-7-15/h13-14,16H,2-12H2,1H3. The van der Waals surface area contributed by atoms with Crippen molar-refractivity contribution in [2.45, 2.75) is 57.0 Å². The molecule has 104 valence electrons. The van der Waals surface area contributed by atoms with Crippen molar-refractivity contribution in [3.63, 3.8) is 0 Å². The molecule has 0 amide bonds. The SMILES string of the molecule is CC1CN(CC2CCOCC2)C2(CCCC2)CN1. The Morgan fingerprint density at radius 2 is 1.94 bits per heavy atom. The van der Waals surface area contributed by atoms with Crippen LogP contribution >= 0.6 is 0 Å². The molecule has 0 radical (unpaired) electrons. The molecule has 3 nitrogen and oxygen atoms in total. The van der Waals surface area contributed by atoms with Gasteiger partial charge in [0, 0.05) is 44.4 Å². The van der Waals surface area contributed by atoms with Crippen LogP contribution in [0.2, 0.25) is 0 Å². The quantitative estimate of drug-likeness (QED) is 0.814. The fourth-order valence-electron chi connectivity index (χ4n) is 4.10. The van der Waals surface area contributed by atoms with Crippen LogP contribution in [0.1, 0.15) is 45.4 Å². The molecule has 0 aromatic carbocycles. The van der Waals surface area contributed by atoms with E-state index < -0.39 is 0 Å². The lowest BCUT2D eigenvalue weighted by molar-refractivity contribution is 0.00221. The molecule has 1 saturated carbocycles. The number of nitrogens with zero attached hydrogens (tertiary/aromatic N) is 1. The molecule has 3 heteroatoms. The van der Waals surface area contributed by atoms with Gasteiger partial charge in [-0.25, -0.2) is 0 Å². The summed E-state index contributed by atoms with van der Waals surface area (Å²) in [6, 6.07) is 0.663. The number of hydrogen-bond acceptors (Lipinski definition) is 3. The first kappa shape index (κ1) is 12.9. The van der Waals surface area contributed by atoms with E-state index in [2.05, 4.69) is 17.1 Å². The molecule has 0 aromatic heterocycles. The maximum Gasteiger partial charge on any atom is 0.0469 e. The summed E-state index contributed by atoms with van der Waals surface area (Å²) < 4.78 is 5.50. The monoisotopic (exact) mass is 252 g/mol. The molecule has 3 fully saturated rings. The fraction of sp³-hybridized carbons (Fsp3) is 1.00. The lowest BCUT2D eigenvalue weighted by Crippen LogP contribution is -2.63. The number of hydrogen-bond donors (Lipinski definition) is 1. The van der Waals surface area contributed by atoms with E-state index in [1.54, 1.807) is 0 Å². The van der Waals surface area contributed by atoms with Crippen LogP contribution in [0.4, 0.5) is 0 Å². The molecule has 3 rings (SSSR count). The Morgan fingerprint density at radius 1 is 1.22 bits per heavy atom. The van der Waals surface area contributed by atoms with Gasteiger partial charge in [-0.3, -0.25) is 4.90 Å². The number of rotatable bonds is 2. The van der Waals surface area contributed by atoms with Gasteiger partial charge in [0.1, 0.15) is 0 Å². The zero-order valence-electron chi connectivity index (χ0n) is 11.8. The second-order valence-electron chi connectivity index (χ2n) is 6.67. The molecule has 3 aliphatic rings. The lowest BCUT2D eigenvalue weighted by atomic mass is 9.88. The Labute approximate surface area is 111 Å². The molecular formula is C15H28N2O. The minimum Gasteiger partial charge on any atom is -0.381 e. The number of piperazine rings is 1. The van der Waals surface area contributed by atoms with E-state index in [-0.39, 0.29) is 0 Å². The summed E-state index contributed by atoms with van der Waals surface area (Å²) in [5, 5.41) is 3.72. The van der Waals surface area contributed by atoms with Crippen LogP contribution in [0.15, 0.2) is 0 Å². The third-order valence-corrected chi connectivity index (χ3v) is 5.30. The van der Waals surface area contributed by atoms with Gasteiger partial charge in [0.05, 0.1) is 0 Å². The van der Waals surface area contributed by atoms with E-state index >= 15 is 0 Å². The van der Waals surface area contributed by atoms with Gasteiger partial charge in [-0.15, -0.1) is 0 Å². The molecule has 2 aliphatic heterocycles. The van der Waals surface area contributed by atoms with Crippen molar-refractivity contribution in [1.82, 2.24) is 10.2 Å². The van der Waals surface area contributed by atoms with Gasteiger partial charge in [-0.2, -0.15) is 0 Å². The first-order valence-electron chi connectivity index (χ1n) is 7.85. The summed E-state index contributed by atoms with van der Waals surface area (Å²) in [5.41, 5.74) is 0.505. The molecule has 1 atom stereocenters. The zero-order valence-corrected chi connectivity index (χ0v) is 11.8. The average molecular weight is 252 g/mol. The summed E-state index contributed by atoms with van der Waals surface area (Å²) >= 11 is 0. The minimum absolute atomic E-state index is 0.505. The highest BCUT2D eigenvalue weighted by molar-refractivity contribution is 5.01. The summed E-state index contributed by atoms with van der Waals surface area (Å²) in [7, 11) is 0. The van der Waals surface area contributed by atoms with Gasteiger partial charge in [0.2, 0.25) is 0 Å². The van der Waals surface area contributed by atoms with Gasteiger partial charge < -0.3 is 10.1 Å². The minimum atomic E-state index is 0.505. The van der Waals surface area contributed by atoms with Crippen molar-refractivity contribution < 1.29 is 4.74 Å². The maximum absolute atomic E-state index is 5.50. The summed E-state index contributed by atoms with van der Waals surface area (Å²) in [6.07, 6.45) is 8.23. The normalized spacial score (nSPS) is 34.2. The van der Waals surface area contributed by atoms with Crippen molar-refractivity contribution in [2.24, 2.45) is 5.92 Å². The number of nitrogens with one attached hydrogen (secondary N) is 1. The summed E-state index contributed by atoms with van der Waals surface area (Å²) in [4.78, 5) is 2.84. The lowest BCUT2D eigenvalue weighted by Gasteiger charge is -2.49. The topological polar surface area (TPSA) is 24.5 Å². The molecule has 2 heterocycles. The molecule has 0 aromatic rings. The molecule has 1 unspecified atom stereocenters. The highest BCUT2D eigenvalue weighted by Crippen LogP contribution is 2.37. The molecule has 1 spiro atoms. The molecule has 0 bridgehead atoms. The van der Waals surface area contributed by atoms with E-state index in [0.717, 1.165) is 19.1 Å². The third-order valence-electron chi connectivity index (χ3n) is 5.30. The van der Waals surface area contributed by atoms with Gasteiger partial charge >= 0.3 is 0 Å². The van der Waals surface area contributed by atoms with Crippen LogP contribution in [-0.2, 0) is 4.74 Å². The van der Waals surface area contributed by atoms with E-state index in [1.165, 1.54) is 58.2 Å². The number of ether oxygens (including phenoxy) is 1. The Morgan fingerprint density at radius 3 is 2.67 bits per heavy atom. The first-order valence-corrected chi connectivity index (χ1v) is 7.85. The highest BCUT2D eigenvalue weighted by Gasteiger charge is 2.43. The van der Waals surface area contributed by atoms with Gasteiger partial charge in [-0.1, -0.05) is 12.8 Å². The van der Waals surface area contributed by atoms with Crippen molar-refractivity contribution in [1.29, 1.82) is 0 Å². The predicted octanol–water partition coefficient (Wildman–Crippen LogP) is 2.02. The molecule has 18 heavy (non-hydrogen) atoms. The summed E-state index contributed by atoms with van der Waals surface area (Å²) in [5.74, 6) is 0.876. The van der Waals surface area contributed by atoms with E-state index in [1.807, 2.05) is 0 Å². The van der Waals surface area contributed by atoms with Crippen LogP contribution in [0.5, 0.6) is 0 Å². The Kier molecular flexibility index (Phi) is 3.92. The second kappa shape index (κ2) is 5.48. The van der Waals surface area contributed by atoms with Crippen molar-refractivity contribution in [3.8, 4) is 0 Å². The van der Waals surface area contributed by atoms with Crippen LogP contribution in [0.25, 0.3) is 0 Å².